The summed E-state index contributed by atoms with van der Waals surface area (Å²) in [6.45, 7) is 5.80. The zero-order valence-corrected chi connectivity index (χ0v) is 11.4. The van der Waals surface area contributed by atoms with E-state index in [1.54, 1.807) is 6.07 Å². The van der Waals surface area contributed by atoms with Gasteiger partial charge in [0.15, 0.2) is 0 Å². The van der Waals surface area contributed by atoms with Gasteiger partial charge in [0.05, 0.1) is 24.6 Å². The van der Waals surface area contributed by atoms with Crippen LogP contribution >= 0.6 is 0 Å². The summed E-state index contributed by atoms with van der Waals surface area (Å²) in [6.07, 6.45) is 3.43. The van der Waals surface area contributed by atoms with Crippen LogP contribution in [0.15, 0.2) is 18.3 Å². The van der Waals surface area contributed by atoms with Crippen molar-refractivity contribution < 1.29 is 9.13 Å². The average molecular weight is 267 g/mol. The molecule has 2 atom stereocenters. The van der Waals surface area contributed by atoms with E-state index in [0.717, 1.165) is 44.8 Å². The number of nitrogens with two attached hydrogens (primary N) is 1. The highest BCUT2D eigenvalue weighted by Gasteiger charge is 2.19. The molecule has 0 amide bonds. The first kappa shape index (κ1) is 14.4. The molecule has 0 spiro atoms. The fourth-order valence-electron chi connectivity index (χ4n) is 2.31. The normalized spacial score (nSPS) is 22.4. The quantitative estimate of drug-likeness (QED) is 0.882. The van der Waals surface area contributed by atoms with Gasteiger partial charge in [0.2, 0.25) is 0 Å². The molecule has 0 bridgehead atoms. The summed E-state index contributed by atoms with van der Waals surface area (Å²) in [7, 11) is 0. The van der Waals surface area contributed by atoms with Crippen LogP contribution in [0.2, 0.25) is 0 Å². The van der Waals surface area contributed by atoms with Gasteiger partial charge in [-0.15, -0.1) is 0 Å². The van der Waals surface area contributed by atoms with Gasteiger partial charge in [0.1, 0.15) is 5.82 Å². The molecule has 1 aromatic rings. The third-order valence-electron chi connectivity index (χ3n) is 3.56. The van der Waals surface area contributed by atoms with E-state index in [-0.39, 0.29) is 11.9 Å². The second-order valence-corrected chi connectivity index (χ2v) is 5.00. The predicted octanol–water partition coefficient (Wildman–Crippen LogP) is 1.72. The molecule has 2 N–H and O–H groups in total. The number of aromatic nitrogens is 1. The van der Waals surface area contributed by atoms with E-state index in [1.807, 2.05) is 0 Å². The number of morpholine rings is 1. The highest BCUT2D eigenvalue weighted by Crippen LogP contribution is 2.14. The van der Waals surface area contributed by atoms with Crippen LogP contribution in [0.3, 0.4) is 0 Å². The van der Waals surface area contributed by atoms with Crippen LogP contribution in [0.5, 0.6) is 0 Å². The van der Waals surface area contributed by atoms with Gasteiger partial charge in [-0.1, -0.05) is 6.92 Å². The third-order valence-corrected chi connectivity index (χ3v) is 3.56. The lowest BCUT2D eigenvalue weighted by Gasteiger charge is -2.32. The molecule has 2 rings (SSSR count). The Labute approximate surface area is 113 Å². The first-order chi connectivity index (χ1) is 9.19. The minimum atomic E-state index is -0.324. The second kappa shape index (κ2) is 6.93. The molecule has 106 valence electrons. The molecule has 1 aromatic heterocycles. The molecule has 2 heterocycles. The fraction of sp³-hybridized carbons (Fsp3) is 0.643. The number of pyridine rings is 1. The van der Waals surface area contributed by atoms with Crippen molar-refractivity contribution in [2.75, 3.05) is 26.2 Å². The summed E-state index contributed by atoms with van der Waals surface area (Å²) in [5.41, 5.74) is 6.84. The average Bonchev–Trinajstić information content (AvgIpc) is 2.46. The number of hydrogen-bond acceptors (Lipinski definition) is 4. The molecular formula is C14H22FN3O. The maximum absolute atomic E-state index is 12.8. The summed E-state index contributed by atoms with van der Waals surface area (Å²) >= 11 is 0. The number of halogens is 1. The number of ether oxygens (including phenoxy) is 1. The van der Waals surface area contributed by atoms with Crippen molar-refractivity contribution in [1.29, 1.82) is 0 Å². The lowest BCUT2D eigenvalue weighted by molar-refractivity contribution is -0.0303. The minimum Gasteiger partial charge on any atom is -0.376 e. The maximum atomic E-state index is 12.8. The molecule has 1 aliphatic rings. The van der Waals surface area contributed by atoms with E-state index in [9.17, 15) is 4.39 Å². The van der Waals surface area contributed by atoms with Crippen LogP contribution in [-0.2, 0) is 4.74 Å². The standard InChI is InChI=1S/C14H22FN3O/c1-2-12-10-18(7-8-19-12)6-5-13(16)14-4-3-11(15)9-17-14/h3-4,9,12-13H,2,5-8,10,16H2,1H3. The van der Waals surface area contributed by atoms with Gasteiger partial charge in [-0.05, 0) is 25.0 Å². The third kappa shape index (κ3) is 4.23. The smallest absolute Gasteiger partial charge is 0.141 e. The molecule has 5 heteroatoms. The van der Waals surface area contributed by atoms with Crippen LogP contribution in [0.1, 0.15) is 31.5 Å². The van der Waals surface area contributed by atoms with Crippen LogP contribution in [0.4, 0.5) is 4.39 Å². The summed E-state index contributed by atoms with van der Waals surface area (Å²) in [4.78, 5) is 6.41. The molecule has 1 aliphatic heterocycles. The molecule has 4 nitrogen and oxygen atoms in total. The Balaban J connectivity index is 1.79. The molecule has 0 radical (unpaired) electrons. The van der Waals surface area contributed by atoms with Crippen molar-refractivity contribution in [1.82, 2.24) is 9.88 Å². The van der Waals surface area contributed by atoms with E-state index in [2.05, 4.69) is 16.8 Å². The fourth-order valence-corrected chi connectivity index (χ4v) is 2.31. The Morgan fingerprint density at radius 3 is 3.11 bits per heavy atom. The van der Waals surface area contributed by atoms with E-state index in [4.69, 9.17) is 10.5 Å². The first-order valence-electron chi connectivity index (χ1n) is 6.90. The van der Waals surface area contributed by atoms with E-state index >= 15 is 0 Å². The Morgan fingerprint density at radius 1 is 1.58 bits per heavy atom. The van der Waals surface area contributed by atoms with Gasteiger partial charge >= 0.3 is 0 Å². The molecule has 0 aliphatic carbocycles. The number of rotatable bonds is 5. The predicted molar refractivity (Wildman–Crippen MR) is 72.2 cm³/mol. The lowest BCUT2D eigenvalue weighted by atomic mass is 10.1. The molecule has 1 fully saturated rings. The highest BCUT2D eigenvalue weighted by atomic mass is 19.1. The summed E-state index contributed by atoms with van der Waals surface area (Å²) in [6, 6.07) is 2.93. The summed E-state index contributed by atoms with van der Waals surface area (Å²) in [5, 5.41) is 0. The SMILES string of the molecule is CCC1CN(CCC(N)c2ccc(F)cn2)CCO1. The van der Waals surface area contributed by atoms with E-state index in [1.165, 1.54) is 12.3 Å². The zero-order valence-electron chi connectivity index (χ0n) is 11.4. The van der Waals surface area contributed by atoms with Gasteiger partial charge in [-0.3, -0.25) is 9.88 Å². The van der Waals surface area contributed by atoms with E-state index in [0.29, 0.717) is 6.10 Å². The van der Waals surface area contributed by atoms with Crippen molar-refractivity contribution in [2.24, 2.45) is 5.73 Å². The van der Waals surface area contributed by atoms with Crippen LogP contribution in [0.25, 0.3) is 0 Å². The Bertz CT molecular complexity index is 385. The maximum Gasteiger partial charge on any atom is 0.141 e. The molecule has 0 saturated carbocycles. The lowest BCUT2D eigenvalue weighted by Crippen LogP contribution is -2.43. The topological polar surface area (TPSA) is 51.4 Å². The van der Waals surface area contributed by atoms with Crippen molar-refractivity contribution >= 4 is 0 Å². The van der Waals surface area contributed by atoms with Crippen LogP contribution in [-0.4, -0.2) is 42.2 Å². The van der Waals surface area contributed by atoms with Crippen LogP contribution in [0, 0.1) is 5.82 Å². The van der Waals surface area contributed by atoms with Crippen molar-refractivity contribution in [3.8, 4) is 0 Å². The first-order valence-corrected chi connectivity index (χ1v) is 6.90. The number of hydrogen-bond donors (Lipinski definition) is 1. The van der Waals surface area contributed by atoms with Crippen molar-refractivity contribution in [2.45, 2.75) is 31.9 Å². The molecule has 1 saturated heterocycles. The largest absolute Gasteiger partial charge is 0.376 e. The Hall–Kier alpha value is -1.04. The Kier molecular flexibility index (Phi) is 5.24. The summed E-state index contributed by atoms with van der Waals surface area (Å²) < 4.78 is 18.4. The molecule has 2 unspecified atom stereocenters. The number of nitrogens with zero attached hydrogens (tertiary/aromatic N) is 2. The van der Waals surface area contributed by atoms with Gasteiger partial charge in [-0.25, -0.2) is 4.39 Å². The van der Waals surface area contributed by atoms with Gasteiger partial charge in [0.25, 0.3) is 0 Å². The zero-order chi connectivity index (χ0) is 13.7. The molecular weight excluding hydrogens is 245 g/mol. The van der Waals surface area contributed by atoms with Crippen molar-refractivity contribution in [3.05, 3.63) is 29.8 Å². The van der Waals surface area contributed by atoms with E-state index < -0.39 is 0 Å². The minimum absolute atomic E-state index is 0.136. The van der Waals surface area contributed by atoms with Crippen LogP contribution < -0.4 is 5.73 Å². The second-order valence-electron chi connectivity index (χ2n) is 5.00. The monoisotopic (exact) mass is 267 g/mol. The molecule has 19 heavy (non-hydrogen) atoms. The Morgan fingerprint density at radius 2 is 2.42 bits per heavy atom. The van der Waals surface area contributed by atoms with Gasteiger partial charge < -0.3 is 10.5 Å². The van der Waals surface area contributed by atoms with Crippen molar-refractivity contribution in [3.63, 3.8) is 0 Å². The van der Waals surface area contributed by atoms with Gasteiger partial charge in [0, 0.05) is 25.7 Å². The van der Waals surface area contributed by atoms with Gasteiger partial charge in [-0.2, -0.15) is 0 Å². The highest BCUT2D eigenvalue weighted by molar-refractivity contribution is 5.09. The molecule has 0 aromatic carbocycles. The summed E-state index contributed by atoms with van der Waals surface area (Å²) in [5.74, 6) is -0.324.